The number of hydrogen-bond donors (Lipinski definition) is 1. The molecule has 1 aliphatic carbocycles. The monoisotopic (exact) mass is 339 g/mol. The second-order valence-corrected chi connectivity index (χ2v) is 8.52. The summed E-state index contributed by atoms with van der Waals surface area (Å²) in [6.07, 6.45) is 9.34. The minimum atomic E-state index is -3.12. The predicted molar refractivity (Wildman–Crippen MR) is 93.4 cm³/mol. The molecule has 0 aliphatic heterocycles. The summed E-state index contributed by atoms with van der Waals surface area (Å²) in [7, 11) is -3.12. The highest BCUT2D eigenvalue weighted by atomic mass is 32.2. The summed E-state index contributed by atoms with van der Waals surface area (Å²) < 4.78 is 28.9. The molecule has 0 amide bonds. The summed E-state index contributed by atoms with van der Waals surface area (Å²) >= 11 is 0. The molecule has 130 valence electrons. The van der Waals surface area contributed by atoms with Crippen LogP contribution >= 0.6 is 0 Å². The van der Waals surface area contributed by atoms with Crippen molar-refractivity contribution in [2.24, 2.45) is 0 Å². The van der Waals surface area contributed by atoms with Gasteiger partial charge in [0.25, 0.3) is 0 Å². The summed E-state index contributed by atoms with van der Waals surface area (Å²) in [6.45, 7) is 3.63. The Bertz CT molecular complexity index is 560. The number of hydrogen-bond acceptors (Lipinski definition) is 4. The van der Waals surface area contributed by atoms with Crippen LogP contribution in [0.1, 0.15) is 57.1 Å². The van der Waals surface area contributed by atoms with Gasteiger partial charge in [-0.15, -0.1) is 0 Å². The third-order valence-corrected chi connectivity index (χ3v) is 5.65. The molecule has 1 N–H and O–H groups in total. The lowest BCUT2D eigenvalue weighted by atomic mass is 10.1. The molecule has 1 aromatic rings. The first-order valence-corrected chi connectivity index (χ1v) is 10.5. The summed E-state index contributed by atoms with van der Waals surface area (Å²) in [6, 6.07) is 7.28. The van der Waals surface area contributed by atoms with Gasteiger partial charge in [-0.3, -0.25) is 0 Å². The molecule has 1 atom stereocenters. The van der Waals surface area contributed by atoms with E-state index in [-0.39, 0.29) is 6.04 Å². The molecular formula is C18H29NO3S. The van der Waals surface area contributed by atoms with Crippen LogP contribution in [0.2, 0.25) is 0 Å². The molecule has 1 saturated carbocycles. The van der Waals surface area contributed by atoms with Gasteiger partial charge in [0.15, 0.2) is 9.84 Å². The fourth-order valence-electron chi connectivity index (χ4n) is 3.03. The van der Waals surface area contributed by atoms with E-state index >= 15 is 0 Å². The van der Waals surface area contributed by atoms with Crippen molar-refractivity contribution in [2.75, 3.05) is 19.4 Å². The molecule has 2 rings (SSSR count). The summed E-state index contributed by atoms with van der Waals surface area (Å²) in [4.78, 5) is 0.366. The Labute approximate surface area is 140 Å². The average molecular weight is 340 g/mol. The Morgan fingerprint density at radius 3 is 2.30 bits per heavy atom. The smallest absolute Gasteiger partial charge is 0.175 e. The number of rotatable bonds is 7. The fourth-order valence-corrected chi connectivity index (χ4v) is 3.66. The lowest BCUT2D eigenvalue weighted by Crippen LogP contribution is -2.25. The number of sulfone groups is 1. The maximum absolute atomic E-state index is 11.5. The first-order valence-electron chi connectivity index (χ1n) is 8.62. The van der Waals surface area contributed by atoms with Crippen LogP contribution in [-0.2, 0) is 14.6 Å². The summed E-state index contributed by atoms with van der Waals surface area (Å²) in [5.41, 5.74) is 1.09. The first-order chi connectivity index (χ1) is 11.0. The van der Waals surface area contributed by atoms with Crippen LogP contribution in [0.25, 0.3) is 0 Å². The van der Waals surface area contributed by atoms with Gasteiger partial charge >= 0.3 is 0 Å². The SMILES string of the molecule is CC(NCCOC1CCCCCC1)c1ccc(S(C)(=O)=O)cc1. The van der Waals surface area contributed by atoms with E-state index in [4.69, 9.17) is 4.74 Å². The van der Waals surface area contributed by atoms with Crippen molar-refractivity contribution in [2.45, 2.75) is 62.5 Å². The van der Waals surface area contributed by atoms with Gasteiger partial charge in [-0.05, 0) is 37.5 Å². The van der Waals surface area contributed by atoms with Crippen molar-refractivity contribution in [1.29, 1.82) is 0 Å². The van der Waals surface area contributed by atoms with Crippen LogP contribution in [0.15, 0.2) is 29.2 Å². The normalized spacial score (nSPS) is 18.5. The predicted octanol–water partition coefficient (Wildman–Crippen LogP) is 3.48. The van der Waals surface area contributed by atoms with Gasteiger partial charge in [0.05, 0.1) is 17.6 Å². The molecular weight excluding hydrogens is 310 g/mol. The van der Waals surface area contributed by atoms with Gasteiger partial charge in [0.2, 0.25) is 0 Å². The molecule has 5 heteroatoms. The minimum absolute atomic E-state index is 0.182. The van der Waals surface area contributed by atoms with E-state index in [2.05, 4.69) is 12.2 Å². The topological polar surface area (TPSA) is 55.4 Å². The highest BCUT2D eigenvalue weighted by Gasteiger charge is 2.13. The van der Waals surface area contributed by atoms with E-state index < -0.39 is 9.84 Å². The number of benzene rings is 1. The minimum Gasteiger partial charge on any atom is -0.377 e. The molecule has 4 nitrogen and oxygen atoms in total. The highest BCUT2D eigenvalue weighted by Crippen LogP contribution is 2.20. The van der Waals surface area contributed by atoms with Crippen LogP contribution in [0.5, 0.6) is 0 Å². The zero-order valence-electron chi connectivity index (χ0n) is 14.3. The van der Waals surface area contributed by atoms with Crippen molar-refractivity contribution in [3.8, 4) is 0 Å². The summed E-state index contributed by atoms with van der Waals surface area (Å²) in [5.74, 6) is 0. The molecule has 1 aliphatic rings. The van der Waals surface area contributed by atoms with Crippen LogP contribution in [0, 0.1) is 0 Å². The maximum atomic E-state index is 11.5. The van der Waals surface area contributed by atoms with Gasteiger partial charge in [0, 0.05) is 18.8 Å². The average Bonchev–Trinajstić information content (AvgIpc) is 2.79. The second-order valence-electron chi connectivity index (χ2n) is 6.50. The van der Waals surface area contributed by atoms with Crippen LogP contribution in [0.3, 0.4) is 0 Å². The molecule has 0 heterocycles. The number of nitrogens with one attached hydrogen (secondary N) is 1. The lowest BCUT2D eigenvalue weighted by Gasteiger charge is -2.18. The number of ether oxygens (including phenoxy) is 1. The van der Waals surface area contributed by atoms with Gasteiger partial charge < -0.3 is 10.1 Å². The molecule has 0 saturated heterocycles. The molecule has 0 bridgehead atoms. The highest BCUT2D eigenvalue weighted by molar-refractivity contribution is 7.90. The molecule has 0 spiro atoms. The molecule has 1 unspecified atom stereocenters. The van der Waals surface area contributed by atoms with E-state index in [1.54, 1.807) is 12.1 Å². The lowest BCUT2D eigenvalue weighted by molar-refractivity contribution is 0.0442. The molecule has 0 radical (unpaired) electrons. The van der Waals surface area contributed by atoms with Crippen molar-refractivity contribution < 1.29 is 13.2 Å². The summed E-state index contributed by atoms with van der Waals surface area (Å²) in [5, 5.41) is 3.44. The Balaban J connectivity index is 1.73. The maximum Gasteiger partial charge on any atom is 0.175 e. The molecule has 1 fully saturated rings. The Morgan fingerprint density at radius 1 is 1.13 bits per heavy atom. The van der Waals surface area contributed by atoms with E-state index in [1.165, 1.54) is 44.8 Å². The van der Waals surface area contributed by atoms with Crippen LogP contribution in [-0.4, -0.2) is 33.9 Å². The fraction of sp³-hybridized carbons (Fsp3) is 0.667. The zero-order valence-corrected chi connectivity index (χ0v) is 15.1. The Kier molecular flexibility index (Phi) is 7.06. The van der Waals surface area contributed by atoms with Crippen molar-refractivity contribution in [1.82, 2.24) is 5.32 Å². The standard InChI is InChI=1S/C18H29NO3S/c1-15(16-9-11-18(12-10-16)23(2,20)21)19-13-14-22-17-7-5-3-4-6-8-17/h9-12,15,17,19H,3-8,13-14H2,1-2H3. The van der Waals surface area contributed by atoms with Gasteiger partial charge in [-0.2, -0.15) is 0 Å². The largest absolute Gasteiger partial charge is 0.377 e. The van der Waals surface area contributed by atoms with E-state index in [0.717, 1.165) is 18.7 Å². The van der Waals surface area contributed by atoms with Crippen molar-refractivity contribution >= 4 is 9.84 Å². The van der Waals surface area contributed by atoms with Crippen molar-refractivity contribution in [3.63, 3.8) is 0 Å². The van der Waals surface area contributed by atoms with Gasteiger partial charge in [-0.1, -0.05) is 37.8 Å². The molecule has 23 heavy (non-hydrogen) atoms. The van der Waals surface area contributed by atoms with E-state index in [1.807, 2.05) is 12.1 Å². The zero-order chi connectivity index (χ0) is 16.7. The van der Waals surface area contributed by atoms with Crippen LogP contribution in [0.4, 0.5) is 0 Å². The first kappa shape index (κ1) is 18.4. The third kappa shape index (κ3) is 6.24. The van der Waals surface area contributed by atoms with Crippen LogP contribution < -0.4 is 5.32 Å². The van der Waals surface area contributed by atoms with Crippen molar-refractivity contribution in [3.05, 3.63) is 29.8 Å². The van der Waals surface area contributed by atoms with Gasteiger partial charge in [-0.25, -0.2) is 8.42 Å². The quantitative estimate of drug-likeness (QED) is 0.610. The molecule has 1 aromatic carbocycles. The molecule has 0 aromatic heterocycles. The van der Waals surface area contributed by atoms with Gasteiger partial charge in [0.1, 0.15) is 0 Å². The Hall–Kier alpha value is -0.910. The van der Waals surface area contributed by atoms with E-state index in [0.29, 0.717) is 11.0 Å². The van der Waals surface area contributed by atoms with E-state index in [9.17, 15) is 8.42 Å². The Morgan fingerprint density at radius 2 is 1.74 bits per heavy atom. The second kappa shape index (κ2) is 8.81. The third-order valence-electron chi connectivity index (χ3n) is 4.52.